The molecule has 1 aromatic carbocycles. The lowest BCUT2D eigenvalue weighted by Gasteiger charge is -2.18. The number of aryl methyl sites for hydroxylation is 3. The molecule has 3 aromatic rings. The van der Waals surface area contributed by atoms with Crippen LogP contribution in [0.2, 0.25) is 0 Å². The van der Waals surface area contributed by atoms with Crippen LogP contribution in [-0.4, -0.2) is 48.9 Å². The minimum atomic E-state index is -0.00175. The minimum Gasteiger partial charge on any atom is -0.340 e. The first-order valence-corrected chi connectivity index (χ1v) is 9.24. The zero-order valence-corrected chi connectivity index (χ0v) is 16.4. The van der Waals surface area contributed by atoms with Gasteiger partial charge in [0.2, 0.25) is 0 Å². The lowest BCUT2D eigenvalue weighted by molar-refractivity contribution is 0.0788. The van der Waals surface area contributed by atoms with Crippen molar-refractivity contribution in [1.82, 2.24) is 29.4 Å². The first kappa shape index (κ1) is 18.8. The Balaban J connectivity index is 1.66. The number of carbonyl (C=O) groups is 1. The fraction of sp³-hybridized carbons (Fsp3) is 0.400. The molecule has 0 atom stereocenters. The van der Waals surface area contributed by atoms with Crippen LogP contribution in [0.1, 0.15) is 35.1 Å². The number of hydrogen-bond acceptors (Lipinski definition) is 4. The molecule has 0 spiro atoms. The fourth-order valence-corrected chi connectivity index (χ4v) is 3.09. The topological polar surface area (TPSA) is 68.8 Å². The summed E-state index contributed by atoms with van der Waals surface area (Å²) >= 11 is 0. The second-order valence-electron chi connectivity index (χ2n) is 6.76. The molecule has 0 radical (unpaired) electrons. The molecule has 1 amide bonds. The summed E-state index contributed by atoms with van der Waals surface area (Å²) in [6.45, 7) is 8.22. The Morgan fingerprint density at radius 3 is 2.48 bits per heavy atom. The molecule has 0 saturated carbocycles. The third kappa shape index (κ3) is 4.24. The lowest BCUT2D eigenvalue weighted by Crippen LogP contribution is -2.30. The van der Waals surface area contributed by atoms with Crippen molar-refractivity contribution in [2.45, 2.75) is 40.3 Å². The zero-order valence-electron chi connectivity index (χ0n) is 16.4. The van der Waals surface area contributed by atoms with Crippen molar-refractivity contribution in [3.05, 3.63) is 53.6 Å². The van der Waals surface area contributed by atoms with Crippen LogP contribution in [0, 0.1) is 13.8 Å². The van der Waals surface area contributed by atoms with Gasteiger partial charge in [-0.2, -0.15) is 10.2 Å². The number of amides is 1. The normalized spacial score (nSPS) is 11.0. The molecule has 7 heteroatoms. The van der Waals surface area contributed by atoms with Crippen molar-refractivity contribution in [1.29, 1.82) is 0 Å². The highest BCUT2D eigenvalue weighted by Crippen LogP contribution is 2.18. The van der Waals surface area contributed by atoms with Crippen LogP contribution in [0.15, 0.2) is 36.7 Å². The van der Waals surface area contributed by atoms with E-state index in [4.69, 9.17) is 0 Å². The summed E-state index contributed by atoms with van der Waals surface area (Å²) in [4.78, 5) is 18.7. The van der Waals surface area contributed by atoms with Crippen molar-refractivity contribution in [2.75, 3.05) is 13.6 Å². The molecule has 2 aromatic heterocycles. The van der Waals surface area contributed by atoms with Gasteiger partial charge in [0.25, 0.3) is 5.91 Å². The van der Waals surface area contributed by atoms with Crippen molar-refractivity contribution in [2.24, 2.45) is 0 Å². The highest BCUT2D eigenvalue weighted by atomic mass is 16.2. The number of aromatic nitrogens is 5. The first-order valence-electron chi connectivity index (χ1n) is 9.24. The lowest BCUT2D eigenvalue weighted by atomic mass is 10.1. The number of hydrogen-bond donors (Lipinski definition) is 0. The monoisotopic (exact) mass is 366 g/mol. The molecule has 27 heavy (non-hydrogen) atoms. The molecular formula is C20H26N6O. The van der Waals surface area contributed by atoms with E-state index in [-0.39, 0.29) is 5.91 Å². The summed E-state index contributed by atoms with van der Waals surface area (Å²) in [7, 11) is 1.82. The van der Waals surface area contributed by atoms with Crippen LogP contribution in [0.25, 0.3) is 11.4 Å². The summed E-state index contributed by atoms with van der Waals surface area (Å²) in [6.07, 6.45) is 2.56. The smallest absolute Gasteiger partial charge is 0.253 e. The van der Waals surface area contributed by atoms with E-state index in [9.17, 15) is 4.79 Å². The van der Waals surface area contributed by atoms with Crippen LogP contribution in [-0.2, 0) is 13.1 Å². The average molecular weight is 366 g/mol. The van der Waals surface area contributed by atoms with Crippen LogP contribution in [0.3, 0.4) is 0 Å². The Labute approximate surface area is 159 Å². The minimum absolute atomic E-state index is 0.00175. The summed E-state index contributed by atoms with van der Waals surface area (Å²) in [5.41, 5.74) is 3.72. The van der Waals surface area contributed by atoms with Crippen LogP contribution in [0.5, 0.6) is 0 Å². The molecule has 0 unspecified atom stereocenters. The summed E-state index contributed by atoms with van der Waals surface area (Å²) in [5.74, 6) is 0.826. The highest BCUT2D eigenvalue weighted by molar-refractivity contribution is 5.94. The van der Waals surface area contributed by atoms with Crippen molar-refractivity contribution < 1.29 is 4.79 Å². The summed E-state index contributed by atoms with van der Waals surface area (Å²) in [5, 5.41) is 8.69. The first-order chi connectivity index (χ1) is 13.0. The van der Waals surface area contributed by atoms with Gasteiger partial charge >= 0.3 is 0 Å². The van der Waals surface area contributed by atoms with Gasteiger partial charge in [-0.3, -0.25) is 9.48 Å². The van der Waals surface area contributed by atoms with E-state index in [1.807, 2.05) is 60.6 Å². The van der Waals surface area contributed by atoms with E-state index in [1.54, 1.807) is 11.2 Å². The predicted molar refractivity (Wildman–Crippen MR) is 104 cm³/mol. The number of carbonyl (C=O) groups excluding carboxylic acids is 1. The molecule has 142 valence electrons. The quantitative estimate of drug-likeness (QED) is 0.645. The number of benzene rings is 1. The molecule has 7 nitrogen and oxygen atoms in total. The Bertz CT molecular complexity index is 909. The van der Waals surface area contributed by atoms with Crippen LogP contribution in [0.4, 0.5) is 0 Å². The van der Waals surface area contributed by atoms with E-state index in [1.165, 1.54) is 0 Å². The Morgan fingerprint density at radius 1 is 1.11 bits per heavy atom. The molecule has 0 aliphatic rings. The molecule has 0 saturated heterocycles. The van der Waals surface area contributed by atoms with Crippen molar-refractivity contribution >= 4 is 5.91 Å². The average Bonchev–Trinajstić information content (AvgIpc) is 3.25. The second-order valence-corrected chi connectivity index (χ2v) is 6.76. The van der Waals surface area contributed by atoms with Gasteiger partial charge in [0.05, 0.1) is 12.2 Å². The standard InChI is InChI=1S/C20H26N6O/c1-5-10-26-19(21-14-22-26)17-6-8-18(9-7-17)20(27)24(4)11-12-25-16(3)13-15(2)23-25/h6-9,13-14H,5,10-12H2,1-4H3. The number of rotatable bonds is 7. The van der Waals surface area contributed by atoms with E-state index in [0.717, 1.165) is 35.7 Å². The highest BCUT2D eigenvalue weighted by Gasteiger charge is 2.14. The molecule has 0 N–H and O–H groups in total. The second kappa shape index (κ2) is 8.16. The Hall–Kier alpha value is -2.96. The van der Waals surface area contributed by atoms with E-state index < -0.39 is 0 Å². The maximum Gasteiger partial charge on any atom is 0.253 e. The van der Waals surface area contributed by atoms with Crippen LogP contribution < -0.4 is 0 Å². The van der Waals surface area contributed by atoms with Gasteiger partial charge in [-0.1, -0.05) is 19.1 Å². The van der Waals surface area contributed by atoms with E-state index >= 15 is 0 Å². The zero-order chi connectivity index (χ0) is 19.4. The summed E-state index contributed by atoms with van der Waals surface area (Å²) in [6, 6.07) is 9.60. The maximum atomic E-state index is 12.7. The molecule has 0 aliphatic heterocycles. The SMILES string of the molecule is CCCn1ncnc1-c1ccc(C(=O)N(C)CCn2nc(C)cc2C)cc1. The summed E-state index contributed by atoms with van der Waals surface area (Å²) < 4.78 is 3.82. The van der Waals surface area contributed by atoms with Gasteiger partial charge < -0.3 is 4.90 Å². The van der Waals surface area contributed by atoms with Gasteiger partial charge in [0.1, 0.15) is 6.33 Å². The predicted octanol–water partition coefficient (Wildman–Crippen LogP) is 2.94. The molecule has 3 rings (SSSR count). The van der Waals surface area contributed by atoms with E-state index in [0.29, 0.717) is 18.7 Å². The third-order valence-corrected chi connectivity index (χ3v) is 4.54. The number of likely N-dealkylation sites (N-methyl/N-ethyl adjacent to an activating group) is 1. The van der Waals surface area contributed by atoms with Gasteiger partial charge in [0.15, 0.2) is 5.82 Å². The molecule has 0 bridgehead atoms. The maximum absolute atomic E-state index is 12.7. The van der Waals surface area contributed by atoms with Crippen molar-refractivity contribution in [3.8, 4) is 11.4 Å². The Kier molecular flexibility index (Phi) is 5.69. The third-order valence-electron chi connectivity index (χ3n) is 4.54. The van der Waals surface area contributed by atoms with E-state index in [2.05, 4.69) is 22.1 Å². The van der Waals surface area contributed by atoms with Gasteiger partial charge in [-0.25, -0.2) is 9.67 Å². The molecule has 0 aliphatic carbocycles. The molecular weight excluding hydrogens is 340 g/mol. The molecule has 0 fully saturated rings. The van der Waals surface area contributed by atoms with Gasteiger partial charge in [-0.15, -0.1) is 0 Å². The number of nitrogens with zero attached hydrogens (tertiary/aromatic N) is 6. The van der Waals surface area contributed by atoms with Gasteiger partial charge in [0, 0.05) is 37.0 Å². The Morgan fingerprint density at radius 2 is 1.85 bits per heavy atom. The van der Waals surface area contributed by atoms with Crippen molar-refractivity contribution in [3.63, 3.8) is 0 Å². The van der Waals surface area contributed by atoms with Crippen LogP contribution >= 0.6 is 0 Å². The van der Waals surface area contributed by atoms with Gasteiger partial charge in [-0.05, 0) is 38.5 Å². The largest absolute Gasteiger partial charge is 0.340 e. The fourth-order valence-electron chi connectivity index (χ4n) is 3.09. The molecule has 2 heterocycles.